The van der Waals surface area contributed by atoms with Crippen molar-refractivity contribution in [3.05, 3.63) is 35.4 Å². The summed E-state index contributed by atoms with van der Waals surface area (Å²) in [5.41, 5.74) is 5.65. The third-order valence-electron chi connectivity index (χ3n) is 3.88. The molecule has 1 aliphatic rings. The second kappa shape index (κ2) is 6.79. The Balaban J connectivity index is 1.81. The van der Waals surface area contributed by atoms with Crippen LogP contribution < -0.4 is 11.1 Å². The average Bonchev–Trinajstić information content (AvgIpc) is 2.42. The molecule has 0 spiro atoms. The lowest BCUT2D eigenvalue weighted by Gasteiger charge is -2.26. The number of hydrogen-bond acceptors (Lipinski definition) is 2. The highest BCUT2D eigenvalue weighted by atomic mass is 19.1. The molecular formula is C15H20F2N2O. The molecule has 110 valence electrons. The second-order valence-electron chi connectivity index (χ2n) is 5.46. The Morgan fingerprint density at radius 3 is 2.40 bits per heavy atom. The fourth-order valence-corrected chi connectivity index (χ4v) is 2.57. The minimum absolute atomic E-state index is 0.171. The predicted octanol–water partition coefficient (Wildman–Crippen LogP) is 2.14. The van der Waals surface area contributed by atoms with Crippen LogP contribution >= 0.6 is 0 Å². The van der Waals surface area contributed by atoms with Crippen molar-refractivity contribution in [1.82, 2.24) is 5.32 Å². The Labute approximate surface area is 117 Å². The zero-order valence-corrected chi connectivity index (χ0v) is 11.4. The first-order chi connectivity index (χ1) is 9.56. The van der Waals surface area contributed by atoms with Crippen LogP contribution in [0.25, 0.3) is 0 Å². The number of benzene rings is 1. The lowest BCUT2D eigenvalue weighted by Crippen LogP contribution is -2.35. The monoisotopic (exact) mass is 282 g/mol. The Morgan fingerprint density at radius 2 is 1.80 bits per heavy atom. The van der Waals surface area contributed by atoms with Gasteiger partial charge in [-0.15, -0.1) is 0 Å². The van der Waals surface area contributed by atoms with E-state index in [-0.39, 0.29) is 23.9 Å². The maximum absolute atomic E-state index is 13.4. The zero-order valence-electron chi connectivity index (χ0n) is 11.4. The first-order valence-electron chi connectivity index (χ1n) is 7.01. The van der Waals surface area contributed by atoms with Crippen LogP contribution in [0.2, 0.25) is 0 Å². The maximum Gasteiger partial charge on any atom is 0.224 e. The molecule has 20 heavy (non-hydrogen) atoms. The highest BCUT2D eigenvalue weighted by molar-refractivity contribution is 5.78. The molecule has 1 aromatic rings. The van der Waals surface area contributed by atoms with Crippen LogP contribution in [0, 0.1) is 17.6 Å². The van der Waals surface area contributed by atoms with Crippen LogP contribution in [0.15, 0.2) is 18.2 Å². The Kier molecular flexibility index (Phi) is 5.06. The number of carbonyl (C=O) groups is 1. The molecule has 0 aliphatic heterocycles. The molecule has 0 heterocycles. The van der Waals surface area contributed by atoms with Gasteiger partial charge in [0.25, 0.3) is 0 Å². The summed E-state index contributed by atoms with van der Waals surface area (Å²) in [6.07, 6.45) is 3.68. The molecule has 1 fully saturated rings. The number of rotatable bonds is 4. The summed E-state index contributed by atoms with van der Waals surface area (Å²) in [4.78, 5) is 11.8. The van der Waals surface area contributed by atoms with E-state index in [1.54, 1.807) is 0 Å². The lowest BCUT2D eigenvalue weighted by atomic mass is 9.86. The van der Waals surface area contributed by atoms with Gasteiger partial charge in [-0.1, -0.05) is 6.07 Å². The molecule has 2 rings (SSSR count). The van der Waals surface area contributed by atoms with E-state index in [9.17, 15) is 13.6 Å². The highest BCUT2D eigenvalue weighted by Gasteiger charge is 2.19. The molecule has 0 unspecified atom stereocenters. The van der Waals surface area contributed by atoms with E-state index in [2.05, 4.69) is 5.32 Å². The highest BCUT2D eigenvalue weighted by Crippen LogP contribution is 2.22. The minimum atomic E-state index is -0.677. The third kappa shape index (κ3) is 4.00. The quantitative estimate of drug-likeness (QED) is 0.889. The van der Waals surface area contributed by atoms with Crippen molar-refractivity contribution in [2.45, 2.75) is 38.1 Å². The summed E-state index contributed by atoms with van der Waals surface area (Å²) >= 11 is 0. The molecule has 1 amide bonds. The molecule has 0 aromatic heterocycles. The van der Waals surface area contributed by atoms with E-state index >= 15 is 0 Å². The number of carbonyl (C=O) groups excluding carboxylic acids is 1. The van der Waals surface area contributed by atoms with Crippen molar-refractivity contribution < 1.29 is 13.6 Å². The number of nitrogens with one attached hydrogen (secondary N) is 1. The molecule has 0 atom stereocenters. The molecule has 1 aliphatic carbocycles. The van der Waals surface area contributed by atoms with Gasteiger partial charge in [-0.2, -0.15) is 0 Å². The predicted molar refractivity (Wildman–Crippen MR) is 73.0 cm³/mol. The lowest BCUT2D eigenvalue weighted by molar-refractivity contribution is -0.120. The summed E-state index contributed by atoms with van der Waals surface area (Å²) in [6, 6.07) is 3.88. The van der Waals surface area contributed by atoms with Crippen molar-refractivity contribution in [1.29, 1.82) is 0 Å². The molecule has 0 saturated heterocycles. The average molecular weight is 282 g/mol. The van der Waals surface area contributed by atoms with Crippen LogP contribution in [0.3, 0.4) is 0 Å². The molecule has 3 nitrogen and oxygen atoms in total. The Morgan fingerprint density at radius 1 is 1.20 bits per heavy atom. The molecule has 1 saturated carbocycles. The van der Waals surface area contributed by atoms with Crippen molar-refractivity contribution in [3.8, 4) is 0 Å². The number of halogens is 2. The fourth-order valence-electron chi connectivity index (χ4n) is 2.57. The number of nitrogens with two attached hydrogens (primary N) is 1. The number of hydrogen-bond donors (Lipinski definition) is 2. The first-order valence-corrected chi connectivity index (χ1v) is 7.01. The molecule has 5 heteroatoms. The van der Waals surface area contributed by atoms with Crippen molar-refractivity contribution in [2.75, 3.05) is 6.54 Å². The molecule has 0 bridgehead atoms. The topological polar surface area (TPSA) is 55.1 Å². The maximum atomic E-state index is 13.4. The van der Waals surface area contributed by atoms with Gasteiger partial charge < -0.3 is 11.1 Å². The van der Waals surface area contributed by atoms with E-state index in [0.717, 1.165) is 37.8 Å². The van der Waals surface area contributed by atoms with Gasteiger partial charge in [-0.05, 0) is 43.7 Å². The normalized spacial score (nSPS) is 22.6. The van der Waals surface area contributed by atoms with Gasteiger partial charge in [0.1, 0.15) is 11.6 Å². The van der Waals surface area contributed by atoms with Gasteiger partial charge in [0, 0.05) is 18.2 Å². The largest absolute Gasteiger partial charge is 0.356 e. The molecule has 1 aromatic carbocycles. The minimum Gasteiger partial charge on any atom is -0.356 e. The first kappa shape index (κ1) is 14.9. The third-order valence-corrected chi connectivity index (χ3v) is 3.88. The second-order valence-corrected chi connectivity index (χ2v) is 5.46. The van der Waals surface area contributed by atoms with Gasteiger partial charge in [0.15, 0.2) is 0 Å². The SMILES string of the molecule is NC1CCC(CNC(=O)Cc2c(F)cccc2F)CC1. The Bertz CT molecular complexity index is 451. The van der Waals surface area contributed by atoms with E-state index < -0.39 is 11.6 Å². The van der Waals surface area contributed by atoms with E-state index in [1.807, 2.05) is 0 Å². The van der Waals surface area contributed by atoms with Crippen molar-refractivity contribution in [3.63, 3.8) is 0 Å². The zero-order chi connectivity index (χ0) is 14.5. The van der Waals surface area contributed by atoms with Gasteiger partial charge in [0.05, 0.1) is 6.42 Å². The summed E-state index contributed by atoms with van der Waals surface area (Å²) < 4.78 is 26.8. The summed E-state index contributed by atoms with van der Waals surface area (Å²) in [6.45, 7) is 0.557. The number of amides is 1. The van der Waals surface area contributed by atoms with Gasteiger partial charge >= 0.3 is 0 Å². The fraction of sp³-hybridized carbons (Fsp3) is 0.533. The van der Waals surface area contributed by atoms with Gasteiger partial charge in [-0.3, -0.25) is 4.79 Å². The standard InChI is InChI=1S/C15H20F2N2O/c16-13-2-1-3-14(17)12(13)8-15(20)19-9-10-4-6-11(18)7-5-10/h1-3,10-11H,4-9,18H2,(H,19,20). The van der Waals surface area contributed by atoms with Crippen LogP contribution in [-0.2, 0) is 11.2 Å². The summed E-state index contributed by atoms with van der Waals surface area (Å²) in [5.74, 6) is -1.28. The van der Waals surface area contributed by atoms with Crippen molar-refractivity contribution in [2.24, 2.45) is 11.7 Å². The van der Waals surface area contributed by atoms with Crippen LogP contribution in [0.5, 0.6) is 0 Å². The molecular weight excluding hydrogens is 262 g/mol. The molecule has 0 radical (unpaired) electrons. The van der Waals surface area contributed by atoms with E-state index in [1.165, 1.54) is 6.07 Å². The van der Waals surface area contributed by atoms with Crippen LogP contribution in [-0.4, -0.2) is 18.5 Å². The van der Waals surface area contributed by atoms with E-state index in [4.69, 9.17) is 5.73 Å². The van der Waals surface area contributed by atoms with Crippen LogP contribution in [0.4, 0.5) is 8.78 Å². The van der Waals surface area contributed by atoms with Crippen LogP contribution in [0.1, 0.15) is 31.2 Å². The summed E-state index contributed by atoms with van der Waals surface area (Å²) in [5, 5.41) is 2.76. The van der Waals surface area contributed by atoms with E-state index in [0.29, 0.717) is 12.5 Å². The smallest absolute Gasteiger partial charge is 0.224 e. The van der Waals surface area contributed by atoms with Gasteiger partial charge in [-0.25, -0.2) is 8.78 Å². The van der Waals surface area contributed by atoms with Gasteiger partial charge in [0.2, 0.25) is 5.91 Å². The van der Waals surface area contributed by atoms with Crippen molar-refractivity contribution >= 4 is 5.91 Å². The Hall–Kier alpha value is -1.49. The molecule has 3 N–H and O–H groups in total. The summed E-state index contributed by atoms with van der Waals surface area (Å²) in [7, 11) is 0.